The van der Waals surface area contributed by atoms with E-state index in [0.29, 0.717) is 78.0 Å². The number of hydrogen-bond acceptors (Lipinski definition) is 10. The highest BCUT2D eigenvalue weighted by atomic mass is 16.5. The molecule has 0 atom stereocenters. The van der Waals surface area contributed by atoms with Crippen LogP contribution < -0.4 is 36.5 Å². The molecule has 5 rings (SSSR count). The number of amides is 3. The van der Waals surface area contributed by atoms with Gasteiger partial charge in [0, 0.05) is 77.2 Å². The van der Waals surface area contributed by atoms with Gasteiger partial charge in [0.15, 0.2) is 11.5 Å². The van der Waals surface area contributed by atoms with Crippen LogP contribution in [-0.2, 0) is 44.3 Å². The normalized spacial score (nSPS) is 10.8. The van der Waals surface area contributed by atoms with E-state index in [2.05, 4.69) is 21.3 Å². The maximum atomic E-state index is 13.2. The highest BCUT2D eigenvalue weighted by Gasteiger charge is 2.19. The van der Waals surface area contributed by atoms with Crippen molar-refractivity contribution < 1.29 is 43.3 Å². The molecule has 4 heterocycles. The van der Waals surface area contributed by atoms with E-state index in [-0.39, 0.29) is 41.1 Å². The molecule has 0 radical (unpaired) electrons. The molecule has 3 amide bonds. The highest BCUT2D eigenvalue weighted by Crippen LogP contribution is 2.32. The van der Waals surface area contributed by atoms with E-state index in [0.717, 1.165) is 5.69 Å². The summed E-state index contributed by atoms with van der Waals surface area (Å²) in [6, 6.07) is 9.46. The van der Waals surface area contributed by atoms with Gasteiger partial charge < -0.3 is 64.6 Å². The summed E-state index contributed by atoms with van der Waals surface area (Å²) in [5, 5.41) is 21.1. The summed E-state index contributed by atoms with van der Waals surface area (Å²) in [5.74, 6) is -1.95. The summed E-state index contributed by atoms with van der Waals surface area (Å²) in [6.45, 7) is 0.728. The monoisotopic (exact) mass is 785 g/mol. The first-order valence-electron chi connectivity index (χ1n) is 17.9. The zero-order valence-corrected chi connectivity index (χ0v) is 32.6. The number of carboxylic acid groups (broad SMARTS) is 1. The summed E-state index contributed by atoms with van der Waals surface area (Å²) in [7, 11) is 9.73. The van der Waals surface area contributed by atoms with Gasteiger partial charge in [-0.25, -0.2) is 9.59 Å². The van der Waals surface area contributed by atoms with Crippen molar-refractivity contribution in [2.45, 2.75) is 32.2 Å². The van der Waals surface area contributed by atoms with Gasteiger partial charge in [0.05, 0.1) is 61.4 Å². The second-order valence-corrected chi connectivity index (χ2v) is 13.4. The first-order chi connectivity index (χ1) is 27.2. The Morgan fingerprint density at radius 2 is 1.23 bits per heavy atom. The first kappa shape index (κ1) is 41.1. The summed E-state index contributed by atoms with van der Waals surface area (Å²) < 4.78 is 22.5. The minimum Gasteiger partial charge on any atom is -0.493 e. The van der Waals surface area contributed by atoms with Crippen molar-refractivity contribution in [3.05, 3.63) is 89.5 Å². The Hall–Kier alpha value is -7.11. The number of hydrogen-bond donors (Lipinski definition) is 6. The number of nitrogens with one attached hydrogen (secondary N) is 4. The Morgan fingerprint density at radius 1 is 0.667 bits per heavy atom. The van der Waals surface area contributed by atoms with Gasteiger partial charge in [0.25, 0.3) is 11.8 Å². The zero-order valence-electron chi connectivity index (χ0n) is 32.6. The Kier molecular flexibility index (Phi) is 13.0. The second kappa shape index (κ2) is 18.0. The summed E-state index contributed by atoms with van der Waals surface area (Å²) in [4.78, 5) is 62.1. The van der Waals surface area contributed by atoms with E-state index in [1.54, 1.807) is 77.8 Å². The molecular weight excluding hydrogens is 738 g/mol. The predicted octanol–water partition coefficient (Wildman–Crippen LogP) is 4.81. The van der Waals surface area contributed by atoms with Crippen LogP contribution in [0.15, 0.2) is 61.2 Å². The van der Waals surface area contributed by atoms with Crippen LogP contribution in [0.1, 0.15) is 73.2 Å². The van der Waals surface area contributed by atoms with Crippen LogP contribution in [0, 0.1) is 0 Å². The van der Waals surface area contributed by atoms with Crippen molar-refractivity contribution in [2.24, 2.45) is 28.2 Å². The number of nitrogens with zero attached hydrogens (tertiary/aromatic N) is 4. The molecule has 0 aliphatic carbocycles. The van der Waals surface area contributed by atoms with E-state index in [9.17, 15) is 29.1 Å². The largest absolute Gasteiger partial charge is 0.493 e. The number of aromatic nitrogens is 4. The smallest absolute Gasteiger partial charge is 0.354 e. The predicted molar refractivity (Wildman–Crippen MR) is 213 cm³/mol. The van der Waals surface area contributed by atoms with Crippen LogP contribution >= 0.6 is 0 Å². The summed E-state index contributed by atoms with van der Waals surface area (Å²) in [5.41, 5.74) is 9.99. The average molecular weight is 786 g/mol. The van der Waals surface area contributed by atoms with Crippen LogP contribution in [0.4, 0.5) is 28.4 Å². The van der Waals surface area contributed by atoms with Crippen LogP contribution in [-0.4, -0.2) is 73.9 Å². The zero-order chi connectivity index (χ0) is 41.4. The quantitative estimate of drug-likeness (QED) is 0.0401. The molecule has 18 nitrogen and oxygen atoms in total. The van der Waals surface area contributed by atoms with Gasteiger partial charge in [-0.2, -0.15) is 0 Å². The lowest BCUT2D eigenvalue weighted by atomic mass is 10.1. The number of carbonyl (C=O) groups excluding carboxylic acids is 4. The van der Waals surface area contributed by atoms with Crippen LogP contribution in [0.3, 0.4) is 0 Å². The number of unbranched alkanes of at least 4 members (excludes halogenated alkanes) is 2. The van der Waals surface area contributed by atoms with Crippen molar-refractivity contribution in [1.29, 1.82) is 0 Å². The fourth-order valence-electron chi connectivity index (χ4n) is 6.13. The van der Waals surface area contributed by atoms with Gasteiger partial charge in [-0.3, -0.25) is 14.4 Å². The van der Waals surface area contributed by atoms with Gasteiger partial charge in [-0.05, 0) is 43.5 Å². The molecule has 0 fully saturated rings. The number of anilines is 5. The molecule has 5 aromatic rings. The van der Waals surface area contributed by atoms with Crippen molar-refractivity contribution >= 4 is 58.1 Å². The van der Waals surface area contributed by atoms with Gasteiger partial charge in [0.2, 0.25) is 5.91 Å². The topological polar surface area (TPSA) is 227 Å². The van der Waals surface area contributed by atoms with Crippen LogP contribution in [0.2, 0.25) is 0 Å². The first-order valence-corrected chi connectivity index (χ1v) is 17.9. The highest BCUT2D eigenvalue weighted by molar-refractivity contribution is 6.05. The summed E-state index contributed by atoms with van der Waals surface area (Å²) in [6.07, 6.45) is 9.10. The molecule has 0 spiro atoms. The van der Waals surface area contributed by atoms with E-state index >= 15 is 0 Å². The third-order valence-corrected chi connectivity index (χ3v) is 9.13. The van der Waals surface area contributed by atoms with Gasteiger partial charge in [-0.1, -0.05) is 0 Å². The molecule has 0 aliphatic heterocycles. The molecule has 0 unspecified atom stereocenters. The molecular formula is C39H47N9O9. The van der Waals surface area contributed by atoms with Crippen molar-refractivity contribution in [1.82, 2.24) is 18.3 Å². The number of ether oxygens (including phenoxy) is 3. The van der Waals surface area contributed by atoms with E-state index < -0.39 is 11.9 Å². The lowest BCUT2D eigenvalue weighted by Crippen LogP contribution is -2.14. The second-order valence-electron chi connectivity index (χ2n) is 13.4. The number of esters is 1. The van der Waals surface area contributed by atoms with Gasteiger partial charge in [0.1, 0.15) is 17.1 Å². The Labute approximate surface area is 328 Å². The number of carbonyl (C=O) groups is 5. The third kappa shape index (κ3) is 10.2. The maximum Gasteiger partial charge on any atom is 0.354 e. The molecule has 18 heteroatoms. The third-order valence-electron chi connectivity index (χ3n) is 9.13. The lowest BCUT2D eigenvalue weighted by Gasteiger charge is -2.13. The molecule has 0 saturated carbocycles. The SMILES string of the molecule is COC(=O)c1cc(NC(=O)c2cc(NCc3cc(NC(=O)c4cc(NC(=O)CCCCCOc5cc(N)c(C(=O)O)cc5OC)cn4C)cn3C)cn2C)cn1C. The van der Waals surface area contributed by atoms with Gasteiger partial charge in [-0.15, -0.1) is 0 Å². The minimum atomic E-state index is -1.16. The van der Waals surface area contributed by atoms with E-state index in [4.69, 9.17) is 19.9 Å². The average Bonchev–Trinajstić information content (AvgIpc) is 3.92. The number of carboxylic acids is 1. The molecule has 0 bridgehead atoms. The van der Waals surface area contributed by atoms with Crippen molar-refractivity contribution in [3.63, 3.8) is 0 Å². The number of aromatic carboxylic acids is 1. The van der Waals surface area contributed by atoms with Crippen LogP contribution in [0.25, 0.3) is 0 Å². The fraction of sp³-hybridized carbons (Fsp3) is 0.308. The minimum absolute atomic E-state index is 0.0685. The number of methoxy groups -OCH3 is 2. The maximum absolute atomic E-state index is 13.2. The molecule has 0 saturated heterocycles. The molecule has 302 valence electrons. The van der Waals surface area contributed by atoms with Gasteiger partial charge >= 0.3 is 11.9 Å². The van der Waals surface area contributed by atoms with Crippen molar-refractivity contribution in [2.75, 3.05) is 47.8 Å². The lowest BCUT2D eigenvalue weighted by molar-refractivity contribution is -0.116. The van der Waals surface area contributed by atoms with Crippen LogP contribution in [0.5, 0.6) is 11.5 Å². The number of aryl methyl sites for hydroxylation is 4. The standard InChI is InChI=1S/C39H47N9O9/c1-45-20-24(12-27(45)18-41-23-13-30(46(2)19-23)36(50)44-26-15-32(39(54)56-6)48(4)22-26)43-37(51)31-14-25(21-47(31)3)42-35(49)10-8-7-9-11-57-34-17-29(40)28(38(52)53)16-33(34)55-5/h12-17,19-22,41H,7-11,18,40H2,1-6H3,(H,42,49)(H,43,51)(H,44,50)(H,52,53). The molecule has 4 aromatic heterocycles. The van der Waals surface area contributed by atoms with E-state index in [1.807, 2.05) is 17.7 Å². The summed E-state index contributed by atoms with van der Waals surface area (Å²) >= 11 is 0. The molecule has 0 aliphatic rings. The number of nitrogens with two attached hydrogens (primary N) is 1. The molecule has 57 heavy (non-hydrogen) atoms. The Balaban J connectivity index is 1.06. The fourth-order valence-corrected chi connectivity index (χ4v) is 6.13. The van der Waals surface area contributed by atoms with Crippen molar-refractivity contribution in [3.8, 4) is 11.5 Å². The number of rotatable bonds is 18. The van der Waals surface area contributed by atoms with E-state index in [1.165, 1.54) is 26.4 Å². The molecule has 1 aromatic carbocycles. The molecule has 7 N–H and O–H groups in total. The Morgan fingerprint density at radius 3 is 1.86 bits per heavy atom. The Bertz CT molecular complexity index is 2300. The number of benzene rings is 1. The number of nitrogen functional groups attached to an aromatic ring is 1.